The number of benzene rings is 2. The first-order chi connectivity index (χ1) is 13.2. The fraction of sp³-hybridized carbons (Fsp3) is 0.263. The third kappa shape index (κ3) is 3.91. The Labute approximate surface area is 164 Å². The Morgan fingerprint density at radius 1 is 1.15 bits per heavy atom. The summed E-state index contributed by atoms with van der Waals surface area (Å²) >= 11 is 3.54. The first-order valence-corrected chi connectivity index (χ1v) is 9.15. The van der Waals surface area contributed by atoms with Crippen LogP contribution in [-0.2, 0) is 4.74 Å². The van der Waals surface area contributed by atoms with Gasteiger partial charge in [0.05, 0.1) is 32.0 Å². The maximum atomic E-state index is 5.81. The lowest BCUT2D eigenvalue weighted by molar-refractivity contribution is 0.252. The largest absolute Gasteiger partial charge is 0.497 e. The van der Waals surface area contributed by atoms with E-state index < -0.39 is 0 Å². The molecule has 0 unspecified atom stereocenters. The normalized spacial score (nSPS) is 15.4. The number of anilines is 2. The molecule has 1 fully saturated rings. The lowest BCUT2D eigenvalue weighted by Crippen LogP contribution is -2.05. The number of ether oxygens (including phenoxy) is 4. The van der Waals surface area contributed by atoms with Crippen LogP contribution in [-0.4, -0.2) is 43.5 Å². The van der Waals surface area contributed by atoms with Crippen molar-refractivity contribution in [2.24, 2.45) is 0 Å². The molecule has 1 saturated heterocycles. The monoisotopic (exact) mass is 431 g/mol. The van der Waals surface area contributed by atoms with Gasteiger partial charge in [-0.15, -0.1) is 0 Å². The molecule has 4 rings (SSSR count). The summed E-state index contributed by atoms with van der Waals surface area (Å²) in [5, 5.41) is 4.15. The first-order valence-electron chi connectivity index (χ1n) is 8.35. The van der Waals surface area contributed by atoms with Crippen molar-refractivity contribution < 1.29 is 18.9 Å². The van der Waals surface area contributed by atoms with Crippen LogP contribution in [0.3, 0.4) is 0 Å². The molecule has 0 aliphatic carbocycles. The predicted molar refractivity (Wildman–Crippen MR) is 105 cm³/mol. The number of hydrogen-bond donors (Lipinski definition) is 1. The Bertz CT molecular complexity index is 979. The Kier molecular flexibility index (Phi) is 5.00. The summed E-state index contributed by atoms with van der Waals surface area (Å²) < 4.78 is 22.7. The highest BCUT2D eigenvalue weighted by Gasteiger charge is 2.24. The lowest BCUT2D eigenvalue weighted by atomic mass is 10.2. The molecule has 1 aromatic heterocycles. The Morgan fingerprint density at radius 3 is 2.74 bits per heavy atom. The first kappa shape index (κ1) is 17.8. The highest BCUT2D eigenvalue weighted by atomic mass is 79.9. The van der Waals surface area contributed by atoms with E-state index >= 15 is 0 Å². The molecule has 1 aliphatic heterocycles. The number of fused-ring (bicyclic) bond motifs is 1. The molecule has 0 bridgehead atoms. The van der Waals surface area contributed by atoms with Crippen LogP contribution in [0.15, 0.2) is 41.1 Å². The van der Waals surface area contributed by atoms with E-state index in [0.717, 1.165) is 33.4 Å². The van der Waals surface area contributed by atoms with Gasteiger partial charge in [-0.25, -0.2) is 9.97 Å². The second kappa shape index (κ2) is 7.58. The molecule has 0 radical (unpaired) electrons. The zero-order valence-electron chi connectivity index (χ0n) is 14.9. The van der Waals surface area contributed by atoms with E-state index in [0.29, 0.717) is 23.9 Å². The highest BCUT2D eigenvalue weighted by molar-refractivity contribution is 9.10. The van der Waals surface area contributed by atoms with E-state index in [2.05, 4.69) is 31.2 Å². The van der Waals surface area contributed by atoms with Crippen molar-refractivity contribution >= 4 is 38.3 Å². The van der Waals surface area contributed by atoms with E-state index in [1.807, 2.05) is 30.3 Å². The van der Waals surface area contributed by atoms with E-state index in [4.69, 9.17) is 18.9 Å². The topological polar surface area (TPSA) is 78.0 Å². The third-order valence-electron chi connectivity index (χ3n) is 4.17. The van der Waals surface area contributed by atoms with Gasteiger partial charge in [0.1, 0.15) is 30.6 Å². The molecule has 3 aromatic rings. The number of hydrogen-bond acceptors (Lipinski definition) is 7. The standard InChI is InChI=1S/C19H18BrN3O4/c1-24-11-3-4-14(20)16(5-11)23-19-13-6-17(25-2)18(27-9-12-8-26-12)7-15(13)21-10-22-19/h3-7,10,12H,8-9H2,1-2H3,(H,21,22,23)/t12-/m0/s1. The number of halogens is 1. The van der Waals surface area contributed by atoms with Crippen LogP contribution in [0.1, 0.15) is 0 Å². The average molecular weight is 432 g/mol. The highest BCUT2D eigenvalue weighted by Crippen LogP contribution is 2.36. The minimum atomic E-state index is 0.165. The van der Waals surface area contributed by atoms with Gasteiger partial charge in [-0.3, -0.25) is 0 Å². The van der Waals surface area contributed by atoms with Crippen LogP contribution >= 0.6 is 15.9 Å². The SMILES string of the molecule is COc1ccc(Br)c(Nc2ncnc3cc(OC[C@@H]4CO4)c(OC)cc23)c1. The zero-order valence-corrected chi connectivity index (χ0v) is 16.4. The minimum absolute atomic E-state index is 0.165. The summed E-state index contributed by atoms with van der Waals surface area (Å²) in [6.07, 6.45) is 1.68. The van der Waals surface area contributed by atoms with Crippen LogP contribution in [0.5, 0.6) is 17.2 Å². The predicted octanol–water partition coefficient (Wildman–Crippen LogP) is 3.93. The molecule has 2 heterocycles. The third-order valence-corrected chi connectivity index (χ3v) is 4.87. The molecule has 7 nitrogen and oxygen atoms in total. The summed E-state index contributed by atoms with van der Waals surface area (Å²) in [5.41, 5.74) is 1.58. The number of epoxide rings is 1. The summed E-state index contributed by atoms with van der Waals surface area (Å²) in [5.74, 6) is 2.65. The van der Waals surface area contributed by atoms with Crippen LogP contribution < -0.4 is 19.5 Å². The van der Waals surface area contributed by atoms with Gasteiger partial charge >= 0.3 is 0 Å². The minimum Gasteiger partial charge on any atom is -0.497 e. The fourth-order valence-electron chi connectivity index (χ4n) is 2.64. The van der Waals surface area contributed by atoms with Crippen LogP contribution in [0, 0.1) is 0 Å². The average Bonchev–Trinajstić information content (AvgIpc) is 3.52. The second-order valence-electron chi connectivity index (χ2n) is 5.98. The maximum absolute atomic E-state index is 5.81. The molecule has 0 saturated carbocycles. The van der Waals surface area contributed by atoms with Crippen molar-refractivity contribution in [3.8, 4) is 17.2 Å². The summed E-state index contributed by atoms with van der Waals surface area (Å²) in [7, 11) is 3.24. The molecule has 1 N–H and O–H groups in total. The fourth-order valence-corrected chi connectivity index (χ4v) is 2.98. The lowest BCUT2D eigenvalue weighted by Gasteiger charge is -2.14. The smallest absolute Gasteiger partial charge is 0.163 e. The van der Waals surface area contributed by atoms with Gasteiger partial charge in [-0.1, -0.05) is 0 Å². The van der Waals surface area contributed by atoms with Crippen molar-refractivity contribution in [2.75, 3.05) is 32.8 Å². The van der Waals surface area contributed by atoms with Crippen molar-refractivity contribution in [3.05, 3.63) is 41.1 Å². The van der Waals surface area contributed by atoms with Crippen molar-refractivity contribution in [1.29, 1.82) is 0 Å². The molecular weight excluding hydrogens is 414 g/mol. The van der Waals surface area contributed by atoms with Crippen molar-refractivity contribution in [3.63, 3.8) is 0 Å². The molecule has 27 heavy (non-hydrogen) atoms. The quantitative estimate of drug-likeness (QED) is 0.567. The Hall–Kier alpha value is -2.58. The second-order valence-corrected chi connectivity index (χ2v) is 6.83. The maximum Gasteiger partial charge on any atom is 0.163 e. The summed E-state index contributed by atoms with van der Waals surface area (Å²) in [6.45, 7) is 1.23. The number of methoxy groups -OCH3 is 2. The van der Waals surface area contributed by atoms with Crippen molar-refractivity contribution in [1.82, 2.24) is 9.97 Å². The molecule has 2 aromatic carbocycles. The molecule has 0 amide bonds. The molecule has 1 atom stereocenters. The van der Waals surface area contributed by atoms with Gasteiger partial charge in [0.2, 0.25) is 0 Å². The Balaban J connectivity index is 1.70. The van der Waals surface area contributed by atoms with Crippen molar-refractivity contribution in [2.45, 2.75) is 6.10 Å². The van der Waals surface area contributed by atoms with Gasteiger partial charge < -0.3 is 24.3 Å². The number of rotatable bonds is 7. The van der Waals surface area contributed by atoms with Gasteiger partial charge in [0.15, 0.2) is 11.5 Å². The van der Waals surface area contributed by atoms with E-state index in [1.165, 1.54) is 6.33 Å². The summed E-state index contributed by atoms with van der Waals surface area (Å²) in [4.78, 5) is 8.75. The van der Waals surface area contributed by atoms with E-state index in [1.54, 1.807) is 14.2 Å². The molecular formula is C19H18BrN3O4. The number of nitrogens with one attached hydrogen (secondary N) is 1. The number of nitrogens with zero attached hydrogens (tertiary/aromatic N) is 2. The van der Waals surface area contributed by atoms with Crippen LogP contribution in [0.2, 0.25) is 0 Å². The van der Waals surface area contributed by atoms with Gasteiger partial charge in [-0.2, -0.15) is 0 Å². The number of aromatic nitrogens is 2. The van der Waals surface area contributed by atoms with Gasteiger partial charge in [0, 0.05) is 22.0 Å². The van der Waals surface area contributed by atoms with Gasteiger partial charge in [0.25, 0.3) is 0 Å². The molecule has 0 spiro atoms. The Morgan fingerprint density at radius 2 is 2.00 bits per heavy atom. The zero-order chi connectivity index (χ0) is 18.8. The molecule has 1 aliphatic rings. The van der Waals surface area contributed by atoms with Crippen LogP contribution in [0.4, 0.5) is 11.5 Å². The van der Waals surface area contributed by atoms with Crippen LogP contribution in [0.25, 0.3) is 10.9 Å². The summed E-state index contributed by atoms with van der Waals surface area (Å²) in [6, 6.07) is 9.40. The van der Waals surface area contributed by atoms with Gasteiger partial charge in [-0.05, 0) is 34.1 Å². The molecule has 140 valence electrons. The molecule has 8 heteroatoms. The van der Waals surface area contributed by atoms with E-state index in [-0.39, 0.29) is 6.10 Å². The van der Waals surface area contributed by atoms with E-state index in [9.17, 15) is 0 Å².